The number of hydrogen-bond acceptors (Lipinski definition) is 3. The van der Waals surface area contributed by atoms with Gasteiger partial charge in [-0.25, -0.2) is 4.79 Å². The molecule has 1 amide bonds. The number of carboxylic acids is 1. The third-order valence-electron chi connectivity index (χ3n) is 2.31. The number of hydrogen-bond donors (Lipinski definition) is 2. The number of nitrogens with one attached hydrogen (secondary N) is 1. The van der Waals surface area contributed by atoms with Crippen LogP contribution in [0, 0.1) is 0 Å². The number of carbonyl (C=O) groups is 2. The zero-order valence-corrected chi connectivity index (χ0v) is 10.1. The summed E-state index contributed by atoms with van der Waals surface area (Å²) in [5.41, 5.74) is 0.263. The first-order valence-corrected chi connectivity index (χ1v) is 5.40. The maximum atomic E-state index is 11.5. The summed E-state index contributed by atoms with van der Waals surface area (Å²) in [4.78, 5) is 22.6. The van der Waals surface area contributed by atoms with Crippen molar-refractivity contribution in [3.63, 3.8) is 0 Å². The van der Waals surface area contributed by atoms with Crippen LogP contribution in [0.5, 0.6) is 5.75 Å². The van der Waals surface area contributed by atoms with Crippen molar-refractivity contribution in [1.29, 1.82) is 0 Å². The molecule has 0 aliphatic carbocycles. The molecular weight excluding hydrogens is 234 g/mol. The van der Waals surface area contributed by atoms with E-state index in [1.54, 1.807) is 12.1 Å². The molecule has 0 fully saturated rings. The quantitative estimate of drug-likeness (QED) is 0.758. The number of carboxylic acid groups (broad SMARTS) is 1. The van der Waals surface area contributed by atoms with Gasteiger partial charge in [0.25, 0.3) is 0 Å². The minimum atomic E-state index is -1.12. The van der Waals surface area contributed by atoms with Crippen molar-refractivity contribution in [3.8, 4) is 5.75 Å². The minimum Gasteiger partial charge on any atom is -0.497 e. The van der Waals surface area contributed by atoms with E-state index in [4.69, 9.17) is 9.84 Å². The lowest BCUT2D eigenvalue weighted by atomic mass is 10.1. The normalized spacial score (nSPS) is 9.61. The molecule has 0 saturated carbocycles. The number of amides is 1. The van der Waals surface area contributed by atoms with Gasteiger partial charge >= 0.3 is 5.97 Å². The van der Waals surface area contributed by atoms with Gasteiger partial charge in [-0.2, -0.15) is 0 Å². The highest BCUT2D eigenvalue weighted by atomic mass is 16.5. The maximum Gasteiger partial charge on any atom is 0.337 e. The molecule has 0 bridgehead atoms. The van der Waals surface area contributed by atoms with E-state index in [0.717, 1.165) is 0 Å². The number of aromatic carboxylic acids is 1. The Bertz CT molecular complexity index is 468. The molecule has 18 heavy (non-hydrogen) atoms. The van der Waals surface area contributed by atoms with Crippen LogP contribution in [0.2, 0.25) is 0 Å². The average molecular weight is 249 g/mol. The third kappa shape index (κ3) is 3.62. The fourth-order valence-corrected chi connectivity index (χ4v) is 1.38. The first-order valence-electron chi connectivity index (χ1n) is 5.40. The van der Waals surface area contributed by atoms with Crippen LogP contribution in [0.4, 0.5) is 5.69 Å². The molecule has 0 aliphatic rings. The SMILES string of the molecule is C=CCCC(=O)Nc1ccc(OC)cc1C(=O)O. The summed E-state index contributed by atoms with van der Waals surface area (Å²) in [5, 5.41) is 11.6. The summed E-state index contributed by atoms with van der Waals surface area (Å²) < 4.78 is 4.94. The summed E-state index contributed by atoms with van der Waals surface area (Å²) in [7, 11) is 1.45. The molecule has 0 heterocycles. The minimum absolute atomic E-state index is 0.00121. The van der Waals surface area contributed by atoms with Crippen LogP contribution >= 0.6 is 0 Å². The first-order chi connectivity index (χ1) is 8.58. The number of anilines is 1. The Labute approximate surface area is 105 Å². The van der Waals surface area contributed by atoms with E-state index >= 15 is 0 Å². The number of allylic oxidation sites excluding steroid dienone is 1. The molecule has 0 aliphatic heterocycles. The van der Waals surface area contributed by atoms with Crippen LogP contribution in [-0.2, 0) is 4.79 Å². The van der Waals surface area contributed by atoms with Gasteiger partial charge in [0.05, 0.1) is 18.4 Å². The van der Waals surface area contributed by atoms with Crippen molar-refractivity contribution in [3.05, 3.63) is 36.4 Å². The second-order valence-corrected chi connectivity index (χ2v) is 3.59. The molecule has 96 valence electrons. The fraction of sp³-hybridized carbons (Fsp3) is 0.231. The highest BCUT2D eigenvalue weighted by Gasteiger charge is 2.13. The Kier molecular flexibility index (Phi) is 4.92. The highest BCUT2D eigenvalue weighted by molar-refractivity contribution is 6.00. The molecule has 1 rings (SSSR count). The van der Waals surface area contributed by atoms with Gasteiger partial charge in [0.1, 0.15) is 5.75 Å². The molecule has 1 aromatic rings. The Hall–Kier alpha value is -2.30. The Morgan fingerprint density at radius 3 is 2.78 bits per heavy atom. The van der Waals surface area contributed by atoms with E-state index in [9.17, 15) is 9.59 Å². The second kappa shape index (κ2) is 6.44. The van der Waals surface area contributed by atoms with Crippen LogP contribution in [0.1, 0.15) is 23.2 Å². The molecule has 2 N–H and O–H groups in total. The number of benzene rings is 1. The molecule has 5 heteroatoms. The largest absolute Gasteiger partial charge is 0.497 e. The zero-order valence-electron chi connectivity index (χ0n) is 10.1. The van der Waals surface area contributed by atoms with E-state index < -0.39 is 5.97 Å². The van der Waals surface area contributed by atoms with Crippen LogP contribution in [0.25, 0.3) is 0 Å². The molecule has 0 unspecified atom stereocenters. The summed E-state index contributed by atoms with van der Waals surface area (Å²) in [6.07, 6.45) is 2.45. The lowest BCUT2D eigenvalue weighted by Gasteiger charge is -2.09. The van der Waals surface area contributed by atoms with Crippen molar-refractivity contribution in [2.75, 3.05) is 12.4 Å². The Morgan fingerprint density at radius 1 is 1.50 bits per heavy atom. The van der Waals surface area contributed by atoms with E-state index in [-0.39, 0.29) is 23.6 Å². The van der Waals surface area contributed by atoms with Gasteiger partial charge in [0.15, 0.2) is 0 Å². The van der Waals surface area contributed by atoms with Gasteiger partial charge in [-0.1, -0.05) is 6.08 Å². The predicted molar refractivity (Wildman–Crippen MR) is 68.0 cm³/mol. The second-order valence-electron chi connectivity index (χ2n) is 3.59. The molecule has 0 spiro atoms. The van der Waals surface area contributed by atoms with Crippen LogP contribution in [0.15, 0.2) is 30.9 Å². The number of rotatable bonds is 6. The topological polar surface area (TPSA) is 75.6 Å². The van der Waals surface area contributed by atoms with Crippen molar-refractivity contribution in [1.82, 2.24) is 0 Å². The predicted octanol–water partition coefficient (Wildman–Crippen LogP) is 2.30. The lowest BCUT2D eigenvalue weighted by Crippen LogP contribution is -2.14. The summed E-state index contributed by atoms with van der Waals surface area (Å²) in [6.45, 7) is 3.52. The van der Waals surface area contributed by atoms with Gasteiger partial charge in [0.2, 0.25) is 5.91 Å². The molecule has 0 saturated heterocycles. The van der Waals surface area contributed by atoms with E-state index in [0.29, 0.717) is 12.2 Å². The van der Waals surface area contributed by atoms with Crippen molar-refractivity contribution in [2.45, 2.75) is 12.8 Å². The summed E-state index contributed by atoms with van der Waals surface area (Å²) >= 11 is 0. The third-order valence-corrected chi connectivity index (χ3v) is 2.31. The highest BCUT2D eigenvalue weighted by Crippen LogP contribution is 2.22. The smallest absolute Gasteiger partial charge is 0.337 e. The zero-order chi connectivity index (χ0) is 13.5. The first kappa shape index (κ1) is 13.8. The van der Waals surface area contributed by atoms with Crippen molar-refractivity contribution in [2.24, 2.45) is 0 Å². The maximum absolute atomic E-state index is 11.5. The van der Waals surface area contributed by atoms with Gasteiger partial charge in [-0.3, -0.25) is 4.79 Å². The van der Waals surface area contributed by atoms with Crippen LogP contribution < -0.4 is 10.1 Å². The van der Waals surface area contributed by atoms with Gasteiger partial charge in [-0.05, 0) is 24.6 Å². The standard InChI is InChI=1S/C13H15NO4/c1-3-4-5-12(15)14-11-7-6-9(18-2)8-10(11)13(16)17/h3,6-8H,1,4-5H2,2H3,(H,14,15)(H,16,17). The average Bonchev–Trinajstić information content (AvgIpc) is 2.36. The number of ether oxygens (including phenoxy) is 1. The van der Waals surface area contributed by atoms with Crippen LogP contribution in [0.3, 0.4) is 0 Å². The van der Waals surface area contributed by atoms with Gasteiger partial charge < -0.3 is 15.2 Å². The summed E-state index contributed by atoms with van der Waals surface area (Å²) in [6, 6.07) is 4.47. The summed E-state index contributed by atoms with van der Waals surface area (Å²) in [5.74, 6) is -0.938. The Balaban J connectivity index is 2.90. The van der Waals surface area contributed by atoms with Crippen LogP contribution in [-0.4, -0.2) is 24.1 Å². The molecule has 0 aromatic heterocycles. The molecule has 5 nitrogen and oxygen atoms in total. The molecular formula is C13H15NO4. The van der Waals surface area contributed by atoms with E-state index in [1.807, 2.05) is 0 Å². The van der Waals surface area contributed by atoms with Crippen molar-refractivity contribution >= 4 is 17.6 Å². The Morgan fingerprint density at radius 2 is 2.22 bits per heavy atom. The fourth-order valence-electron chi connectivity index (χ4n) is 1.38. The van der Waals surface area contributed by atoms with Gasteiger partial charge in [0, 0.05) is 6.42 Å². The van der Waals surface area contributed by atoms with E-state index in [1.165, 1.54) is 19.2 Å². The lowest BCUT2D eigenvalue weighted by molar-refractivity contribution is -0.116. The van der Waals surface area contributed by atoms with Gasteiger partial charge in [-0.15, -0.1) is 6.58 Å². The number of carbonyl (C=O) groups excluding carboxylic acids is 1. The number of methoxy groups -OCH3 is 1. The molecule has 0 radical (unpaired) electrons. The molecule has 1 aromatic carbocycles. The van der Waals surface area contributed by atoms with E-state index in [2.05, 4.69) is 11.9 Å². The monoisotopic (exact) mass is 249 g/mol. The molecule has 0 atom stereocenters. The van der Waals surface area contributed by atoms with Crippen molar-refractivity contribution < 1.29 is 19.4 Å².